The summed E-state index contributed by atoms with van der Waals surface area (Å²) < 4.78 is 1.75. The van der Waals surface area contributed by atoms with Gasteiger partial charge in [0.15, 0.2) is 5.65 Å². The lowest BCUT2D eigenvalue weighted by atomic mass is 9.67. The van der Waals surface area contributed by atoms with Gasteiger partial charge in [-0.3, -0.25) is 4.79 Å². The van der Waals surface area contributed by atoms with Crippen LogP contribution < -0.4 is 11.1 Å². The highest BCUT2D eigenvalue weighted by Gasteiger charge is 2.40. The van der Waals surface area contributed by atoms with Gasteiger partial charge < -0.3 is 11.1 Å². The van der Waals surface area contributed by atoms with Crippen LogP contribution in [-0.4, -0.2) is 32.6 Å². The smallest absolute Gasteiger partial charge is 0.254 e. The number of fused-ring (bicyclic) bond motifs is 3. The number of carbonyl (C=O) groups is 1. The zero-order valence-electron chi connectivity index (χ0n) is 14.7. The highest BCUT2D eigenvalue weighted by molar-refractivity contribution is 5.95. The summed E-state index contributed by atoms with van der Waals surface area (Å²) in [4.78, 5) is 17.3. The molecule has 2 aromatic rings. The Morgan fingerprint density at radius 3 is 2.64 bits per heavy atom. The first-order chi connectivity index (χ1) is 11.5. The minimum absolute atomic E-state index is 0. The van der Waals surface area contributed by atoms with Crippen LogP contribution in [0.3, 0.4) is 0 Å². The molecule has 2 unspecified atom stereocenters. The molecule has 6 nitrogen and oxygen atoms in total. The monoisotopic (exact) mass is 363 g/mol. The summed E-state index contributed by atoms with van der Waals surface area (Å²) in [6.07, 6.45) is 7.32. The van der Waals surface area contributed by atoms with Crippen molar-refractivity contribution in [2.45, 2.75) is 58.0 Å². The second-order valence-electron chi connectivity index (χ2n) is 7.49. The molecule has 3 N–H and O–H groups in total. The average Bonchev–Trinajstić information content (AvgIpc) is 2.90. The fourth-order valence-corrected chi connectivity index (χ4v) is 4.64. The molecule has 2 aliphatic rings. The molecule has 2 bridgehead atoms. The van der Waals surface area contributed by atoms with E-state index in [2.05, 4.69) is 15.4 Å². The van der Waals surface area contributed by atoms with Gasteiger partial charge in [0.05, 0.1) is 17.0 Å². The maximum atomic E-state index is 12.9. The third-order valence-electron chi connectivity index (χ3n) is 5.77. The number of amides is 1. The van der Waals surface area contributed by atoms with Crippen molar-refractivity contribution in [3.63, 3.8) is 0 Å². The van der Waals surface area contributed by atoms with E-state index in [-0.39, 0.29) is 24.4 Å². The fourth-order valence-electron chi connectivity index (χ4n) is 4.64. The van der Waals surface area contributed by atoms with Crippen molar-refractivity contribution in [3.8, 4) is 0 Å². The molecule has 0 saturated heterocycles. The van der Waals surface area contributed by atoms with Crippen LogP contribution in [0, 0.1) is 25.7 Å². The van der Waals surface area contributed by atoms with Crippen molar-refractivity contribution in [1.82, 2.24) is 19.9 Å². The molecule has 0 spiro atoms. The van der Waals surface area contributed by atoms with Gasteiger partial charge in [-0.1, -0.05) is 6.42 Å². The number of halogens is 1. The SMILES string of the molecule is Cc1cc2ncc(C(=O)NC3C4CCCC3CC(N)C4)c(C)n2n1.Cl. The van der Waals surface area contributed by atoms with E-state index in [0.717, 1.165) is 29.9 Å². The Balaban J connectivity index is 0.00000182. The Kier molecular flexibility index (Phi) is 5.02. The van der Waals surface area contributed by atoms with Gasteiger partial charge in [-0.15, -0.1) is 12.4 Å². The number of rotatable bonds is 2. The third kappa shape index (κ3) is 3.25. The third-order valence-corrected chi connectivity index (χ3v) is 5.77. The van der Waals surface area contributed by atoms with Gasteiger partial charge >= 0.3 is 0 Å². The summed E-state index contributed by atoms with van der Waals surface area (Å²) in [7, 11) is 0. The largest absolute Gasteiger partial charge is 0.349 e. The van der Waals surface area contributed by atoms with E-state index in [1.807, 2.05) is 19.9 Å². The molecule has 0 aliphatic heterocycles. The predicted molar refractivity (Wildman–Crippen MR) is 99.0 cm³/mol. The summed E-state index contributed by atoms with van der Waals surface area (Å²) in [5, 5.41) is 7.72. The van der Waals surface area contributed by atoms with Gasteiger partial charge in [0, 0.05) is 24.3 Å². The summed E-state index contributed by atoms with van der Waals surface area (Å²) >= 11 is 0. The van der Waals surface area contributed by atoms with Crippen LogP contribution in [0.4, 0.5) is 0 Å². The van der Waals surface area contributed by atoms with Crippen molar-refractivity contribution in [3.05, 3.63) is 29.2 Å². The van der Waals surface area contributed by atoms with E-state index >= 15 is 0 Å². The number of hydrogen-bond acceptors (Lipinski definition) is 4. The lowest BCUT2D eigenvalue weighted by Gasteiger charge is -2.45. The summed E-state index contributed by atoms with van der Waals surface area (Å²) in [6.45, 7) is 3.86. The molecule has 0 radical (unpaired) electrons. The molecule has 2 atom stereocenters. The molecular weight excluding hydrogens is 338 g/mol. The van der Waals surface area contributed by atoms with Crippen molar-refractivity contribution < 1.29 is 4.79 Å². The number of nitrogens with two attached hydrogens (primary N) is 1. The predicted octanol–water partition coefficient (Wildman–Crippen LogP) is 2.40. The topological polar surface area (TPSA) is 85.3 Å². The number of aryl methyl sites for hydroxylation is 2. The Hall–Kier alpha value is -1.66. The molecule has 4 rings (SSSR count). The van der Waals surface area contributed by atoms with Gasteiger partial charge in [0.2, 0.25) is 0 Å². The quantitative estimate of drug-likeness (QED) is 0.857. The number of carbonyl (C=O) groups excluding carboxylic acids is 1. The number of aromatic nitrogens is 3. The second-order valence-corrected chi connectivity index (χ2v) is 7.49. The second kappa shape index (κ2) is 6.92. The average molecular weight is 364 g/mol. The Morgan fingerprint density at radius 2 is 1.96 bits per heavy atom. The summed E-state index contributed by atoms with van der Waals surface area (Å²) in [5.74, 6) is 0.994. The van der Waals surface area contributed by atoms with E-state index < -0.39 is 0 Å². The number of nitrogens with one attached hydrogen (secondary N) is 1. The van der Waals surface area contributed by atoms with Gasteiger partial charge in [-0.25, -0.2) is 9.50 Å². The molecular formula is C18H26ClN5O. The Bertz CT molecular complexity index is 775. The van der Waals surface area contributed by atoms with Crippen molar-refractivity contribution in [2.75, 3.05) is 0 Å². The van der Waals surface area contributed by atoms with Gasteiger partial charge in [0.25, 0.3) is 5.91 Å². The lowest BCUT2D eigenvalue weighted by molar-refractivity contribution is 0.0754. The van der Waals surface area contributed by atoms with Gasteiger partial charge in [-0.2, -0.15) is 5.10 Å². The molecule has 1 amide bonds. The van der Waals surface area contributed by atoms with Crippen LogP contribution in [0.15, 0.2) is 12.3 Å². The first-order valence-electron chi connectivity index (χ1n) is 8.91. The first-order valence-corrected chi connectivity index (χ1v) is 8.91. The number of nitrogens with zero attached hydrogens (tertiary/aromatic N) is 3. The molecule has 2 fully saturated rings. The van der Waals surface area contributed by atoms with Crippen molar-refractivity contribution in [1.29, 1.82) is 0 Å². The Labute approximate surface area is 154 Å². The molecule has 25 heavy (non-hydrogen) atoms. The minimum Gasteiger partial charge on any atom is -0.349 e. The van der Waals surface area contributed by atoms with E-state index in [1.54, 1.807) is 10.7 Å². The Morgan fingerprint density at radius 1 is 1.28 bits per heavy atom. The van der Waals surface area contributed by atoms with Crippen molar-refractivity contribution >= 4 is 24.0 Å². The van der Waals surface area contributed by atoms with Crippen LogP contribution in [-0.2, 0) is 0 Å². The highest BCUT2D eigenvalue weighted by Crippen LogP contribution is 2.39. The van der Waals surface area contributed by atoms with Crippen molar-refractivity contribution in [2.24, 2.45) is 17.6 Å². The van der Waals surface area contributed by atoms with Gasteiger partial charge in [0.1, 0.15) is 0 Å². The number of hydrogen-bond donors (Lipinski definition) is 2. The van der Waals surface area contributed by atoms with Crippen LogP contribution in [0.5, 0.6) is 0 Å². The molecule has 7 heteroatoms. The van der Waals surface area contributed by atoms with Crippen LogP contribution in [0.25, 0.3) is 5.65 Å². The van der Waals surface area contributed by atoms with E-state index in [9.17, 15) is 4.79 Å². The standard InChI is InChI=1S/C18H25N5O.ClH/c1-10-6-16-20-9-15(11(2)23(16)22-10)18(24)21-17-12-4-3-5-13(17)8-14(19)7-12;/h6,9,12-14,17H,3-5,7-8,19H2,1-2H3,(H,21,24);1H. The van der Waals surface area contributed by atoms with Crippen LogP contribution in [0.2, 0.25) is 0 Å². The summed E-state index contributed by atoms with van der Waals surface area (Å²) in [5.41, 5.74) is 9.31. The van der Waals surface area contributed by atoms with E-state index in [4.69, 9.17) is 5.73 Å². The van der Waals surface area contributed by atoms with E-state index in [0.29, 0.717) is 23.4 Å². The molecule has 2 saturated carbocycles. The first kappa shape index (κ1) is 18.1. The highest BCUT2D eigenvalue weighted by atomic mass is 35.5. The normalized spacial score (nSPS) is 28.4. The maximum absolute atomic E-state index is 12.9. The summed E-state index contributed by atoms with van der Waals surface area (Å²) in [6, 6.07) is 2.46. The molecule has 0 aromatic carbocycles. The molecule has 2 aromatic heterocycles. The molecule has 2 heterocycles. The fraction of sp³-hybridized carbons (Fsp3) is 0.611. The lowest BCUT2D eigenvalue weighted by Crippen LogP contribution is -2.53. The van der Waals surface area contributed by atoms with Crippen LogP contribution >= 0.6 is 12.4 Å². The molecule has 2 aliphatic carbocycles. The van der Waals surface area contributed by atoms with E-state index in [1.165, 1.54) is 19.3 Å². The van der Waals surface area contributed by atoms with Crippen LogP contribution in [0.1, 0.15) is 53.8 Å². The zero-order chi connectivity index (χ0) is 16.8. The molecule has 136 valence electrons. The van der Waals surface area contributed by atoms with Gasteiger partial charge in [-0.05, 0) is 51.4 Å². The zero-order valence-corrected chi connectivity index (χ0v) is 15.6. The maximum Gasteiger partial charge on any atom is 0.254 e. The minimum atomic E-state index is -0.0348.